The van der Waals surface area contributed by atoms with Crippen molar-refractivity contribution >= 4 is 23.1 Å². The lowest BCUT2D eigenvalue weighted by molar-refractivity contribution is -0.384. The van der Waals surface area contributed by atoms with Crippen LogP contribution in [-0.4, -0.2) is 22.0 Å². The number of nitrogen functional groups attached to an aromatic ring is 1. The van der Waals surface area contributed by atoms with E-state index in [1.54, 1.807) is 0 Å². The highest BCUT2D eigenvalue weighted by Gasteiger charge is 2.12. The number of methoxy groups -OCH3 is 1. The zero-order chi connectivity index (χ0) is 15.4. The number of anilines is 1. The minimum absolute atomic E-state index is 0.0923. The molecule has 0 aliphatic rings. The molecule has 0 aliphatic heterocycles. The number of non-ortho nitro benzene ring substituents is 1. The second-order valence-corrected chi connectivity index (χ2v) is 4.36. The van der Waals surface area contributed by atoms with Gasteiger partial charge in [-0.2, -0.15) is 4.98 Å². The number of nitrogens with zero attached hydrogens (tertiary/aromatic N) is 3. The van der Waals surface area contributed by atoms with Gasteiger partial charge in [-0.1, -0.05) is 11.6 Å². The van der Waals surface area contributed by atoms with Gasteiger partial charge in [-0.25, -0.2) is 4.98 Å². The first kappa shape index (κ1) is 14.9. The lowest BCUT2D eigenvalue weighted by Crippen LogP contribution is -2.02. The van der Waals surface area contributed by atoms with E-state index in [1.165, 1.54) is 31.4 Å². The van der Waals surface area contributed by atoms with Crippen LogP contribution in [0.25, 0.3) is 0 Å². The summed E-state index contributed by atoms with van der Waals surface area (Å²) in [7, 11) is 1.50. The van der Waals surface area contributed by atoms with Gasteiger partial charge < -0.3 is 15.2 Å². The molecule has 2 rings (SSSR count). The van der Waals surface area contributed by atoms with E-state index in [9.17, 15) is 10.1 Å². The number of hydrogen-bond donors (Lipinski definition) is 1. The quantitative estimate of drug-likeness (QED) is 0.666. The predicted octanol–water partition coefficient (Wildman–Crippen LogP) is 2.56. The first-order valence-corrected chi connectivity index (χ1v) is 6.11. The van der Waals surface area contributed by atoms with Crippen LogP contribution in [0, 0.1) is 10.1 Å². The Balaban J connectivity index is 2.27. The normalized spacial score (nSPS) is 10.4. The van der Waals surface area contributed by atoms with Crippen LogP contribution < -0.4 is 10.5 Å². The number of aromatic nitrogens is 2. The largest absolute Gasteiger partial charge is 0.437 e. The lowest BCUT2D eigenvalue weighted by atomic mass is 10.3. The molecular weight excluding hydrogens is 300 g/mol. The van der Waals surface area contributed by atoms with E-state index < -0.39 is 4.92 Å². The summed E-state index contributed by atoms with van der Waals surface area (Å²) in [6.45, 7) is 0.176. The van der Waals surface area contributed by atoms with Crippen molar-refractivity contribution < 1.29 is 14.4 Å². The highest BCUT2D eigenvalue weighted by Crippen LogP contribution is 2.32. The molecule has 21 heavy (non-hydrogen) atoms. The Bertz CT molecular complexity index is 680. The van der Waals surface area contributed by atoms with Crippen LogP contribution in [0.5, 0.6) is 11.6 Å². The summed E-state index contributed by atoms with van der Waals surface area (Å²) in [5, 5.41) is 10.7. The number of hydrogen-bond acceptors (Lipinski definition) is 7. The molecule has 0 saturated heterocycles. The number of nitro benzene ring substituents is 1. The van der Waals surface area contributed by atoms with Crippen LogP contribution in [0.2, 0.25) is 5.02 Å². The van der Waals surface area contributed by atoms with E-state index in [0.717, 1.165) is 0 Å². The molecule has 9 heteroatoms. The number of nitrogens with two attached hydrogens (primary N) is 1. The summed E-state index contributed by atoms with van der Waals surface area (Å²) in [6, 6.07) is 5.27. The molecule has 0 unspecified atom stereocenters. The summed E-state index contributed by atoms with van der Waals surface area (Å²) >= 11 is 5.94. The zero-order valence-electron chi connectivity index (χ0n) is 10.9. The van der Waals surface area contributed by atoms with Crippen LogP contribution >= 0.6 is 11.6 Å². The number of nitro groups is 1. The van der Waals surface area contributed by atoms with E-state index >= 15 is 0 Å². The highest BCUT2D eigenvalue weighted by molar-refractivity contribution is 6.32. The first-order valence-electron chi connectivity index (χ1n) is 5.73. The molecule has 1 heterocycles. The van der Waals surface area contributed by atoms with Crippen LogP contribution in [0.15, 0.2) is 24.3 Å². The van der Waals surface area contributed by atoms with E-state index in [4.69, 9.17) is 26.8 Å². The average Bonchev–Trinajstić information content (AvgIpc) is 2.40. The van der Waals surface area contributed by atoms with Gasteiger partial charge in [0.1, 0.15) is 18.2 Å². The maximum atomic E-state index is 10.6. The summed E-state index contributed by atoms with van der Waals surface area (Å²) in [5.74, 6) is 0.963. The van der Waals surface area contributed by atoms with Gasteiger partial charge in [0.2, 0.25) is 5.88 Å². The summed E-state index contributed by atoms with van der Waals surface area (Å²) in [6.07, 6.45) is 0. The van der Waals surface area contributed by atoms with E-state index in [0.29, 0.717) is 5.82 Å². The Labute approximate surface area is 124 Å². The van der Waals surface area contributed by atoms with E-state index in [2.05, 4.69) is 9.97 Å². The van der Waals surface area contributed by atoms with E-state index in [-0.39, 0.29) is 34.8 Å². The Kier molecular flexibility index (Phi) is 4.51. The number of benzene rings is 1. The molecule has 8 nitrogen and oxygen atoms in total. The van der Waals surface area contributed by atoms with Crippen LogP contribution in [0.1, 0.15) is 5.82 Å². The Morgan fingerprint density at radius 3 is 2.76 bits per heavy atom. The van der Waals surface area contributed by atoms with Crippen LogP contribution in [0.4, 0.5) is 11.5 Å². The molecule has 0 amide bonds. The second-order valence-electron chi connectivity index (χ2n) is 3.95. The molecule has 0 spiro atoms. The van der Waals surface area contributed by atoms with Gasteiger partial charge in [-0.15, -0.1) is 0 Å². The summed E-state index contributed by atoms with van der Waals surface area (Å²) in [5.41, 5.74) is 5.51. The molecular formula is C12H11ClN4O4. The van der Waals surface area contributed by atoms with Gasteiger partial charge in [-0.3, -0.25) is 10.1 Å². The van der Waals surface area contributed by atoms with Crippen molar-refractivity contribution in [3.05, 3.63) is 45.2 Å². The molecule has 0 saturated carbocycles. The Morgan fingerprint density at radius 2 is 2.14 bits per heavy atom. The number of halogens is 1. The molecule has 0 radical (unpaired) electrons. The maximum absolute atomic E-state index is 10.6. The molecule has 0 bridgehead atoms. The van der Waals surface area contributed by atoms with Crippen molar-refractivity contribution in [1.29, 1.82) is 0 Å². The molecule has 0 aliphatic carbocycles. The smallest absolute Gasteiger partial charge is 0.271 e. The van der Waals surface area contributed by atoms with Crippen molar-refractivity contribution in [3.8, 4) is 11.6 Å². The summed E-state index contributed by atoms with van der Waals surface area (Å²) < 4.78 is 10.4. The van der Waals surface area contributed by atoms with Crippen LogP contribution in [-0.2, 0) is 11.3 Å². The molecule has 110 valence electrons. The molecule has 0 atom stereocenters. The van der Waals surface area contributed by atoms with Crippen molar-refractivity contribution in [3.63, 3.8) is 0 Å². The first-order chi connectivity index (χ1) is 9.99. The van der Waals surface area contributed by atoms with Gasteiger partial charge in [0.05, 0.1) is 9.95 Å². The Hall–Kier alpha value is -2.45. The monoisotopic (exact) mass is 310 g/mol. The topological polar surface area (TPSA) is 113 Å². The number of ether oxygens (including phenoxy) is 2. The third-order valence-corrected chi connectivity index (χ3v) is 2.68. The third-order valence-electron chi connectivity index (χ3n) is 2.38. The molecule has 0 fully saturated rings. The second kappa shape index (κ2) is 6.33. The standard InChI is InChI=1S/C12H11ClN4O4/c1-20-6-11-15-10(14)5-12(16-11)21-9-3-2-7(17(18)19)4-8(9)13/h2-5H,6H2,1H3,(H2,14,15,16). The zero-order valence-corrected chi connectivity index (χ0v) is 11.7. The summed E-state index contributed by atoms with van der Waals surface area (Å²) in [4.78, 5) is 18.1. The van der Waals surface area contributed by atoms with Crippen molar-refractivity contribution in [2.75, 3.05) is 12.8 Å². The van der Waals surface area contributed by atoms with Gasteiger partial charge in [0.15, 0.2) is 5.82 Å². The van der Waals surface area contributed by atoms with Gasteiger partial charge in [-0.05, 0) is 6.07 Å². The van der Waals surface area contributed by atoms with Gasteiger partial charge in [0.25, 0.3) is 5.69 Å². The SMILES string of the molecule is COCc1nc(N)cc(Oc2ccc([N+](=O)[O-])cc2Cl)n1. The predicted molar refractivity (Wildman–Crippen MR) is 75.3 cm³/mol. The molecule has 2 N–H and O–H groups in total. The maximum Gasteiger partial charge on any atom is 0.271 e. The minimum atomic E-state index is -0.547. The fraction of sp³-hybridized carbons (Fsp3) is 0.167. The number of rotatable bonds is 5. The molecule has 2 aromatic rings. The minimum Gasteiger partial charge on any atom is -0.437 e. The van der Waals surface area contributed by atoms with Crippen molar-refractivity contribution in [2.24, 2.45) is 0 Å². The average molecular weight is 311 g/mol. The molecule has 1 aromatic carbocycles. The fourth-order valence-electron chi connectivity index (χ4n) is 1.54. The van der Waals surface area contributed by atoms with Crippen molar-refractivity contribution in [2.45, 2.75) is 6.61 Å². The van der Waals surface area contributed by atoms with Crippen molar-refractivity contribution in [1.82, 2.24) is 9.97 Å². The lowest BCUT2D eigenvalue weighted by Gasteiger charge is -2.08. The van der Waals surface area contributed by atoms with Gasteiger partial charge in [0, 0.05) is 25.3 Å². The fourth-order valence-corrected chi connectivity index (χ4v) is 1.75. The highest BCUT2D eigenvalue weighted by atomic mass is 35.5. The van der Waals surface area contributed by atoms with E-state index in [1.807, 2.05) is 0 Å². The van der Waals surface area contributed by atoms with Crippen LogP contribution in [0.3, 0.4) is 0 Å². The molecule has 1 aromatic heterocycles. The van der Waals surface area contributed by atoms with Gasteiger partial charge >= 0.3 is 0 Å². The Morgan fingerprint density at radius 1 is 1.38 bits per heavy atom. The third kappa shape index (κ3) is 3.77.